The fraction of sp³-hybridized carbons (Fsp3) is 0.308. The maximum absolute atomic E-state index is 14.2. The smallest absolute Gasteiger partial charge is 0.344 e. The number of aryl methyl sites for hydroxylation is 3. The number of ether oxygens (including phenoxy) is 4. The van der Waals surface area contributed by atoms with Crippen LogP contribution in [0.5, 0.6) is 17.2 Å². The summed E-state index contributed by atoms with van der Waals surface area (Å²) in [5, 5.41) is 1.18. The average molecular weight is 700 g/mol. The highest BCUT2D eigenvalue weighted by atomic mass is 32.2. The van der Waals surface area contributed by atoms with Gasteiger partial charge in [-0.1, -0.05) is 29.8 Å². The van der Waals surface area contributed by atoms with Crippen molar-refractivity contribution in [2.24, 2.45) is 0 Å². The van der Waals surface area contributed by atoms with Crippen molar-refractivity contribution in [2.75, 3.05) is 31.8 Å². The molecule has 256 valence electrons. The number of aromatic nitrogens is 1. The number of hydrogen-bond donors (Lipinski definition) is 1. The van der Waals surface area contributed by atoms with Crippen LogP contribution >= 0.6 is 24.7 Å². The Morgan fingerprint density at radius 3 is 1.96 bits per heavy atom. The third-order valence-corrected chi connectivity index (χ3v) is 9.16. The number of fused-ring (bicyclic) bond motifs is 2. The predicted molar refractivity (Wildman–Crippen MR) is 199 cm³/mol. The summed E-state index contributed by atoms with van der Waals surface area (Å²) in [5.41, 5.74) is 5.60. The second kappa shape index (κ2) is 16.9. The normalized spacial score (nSPS) is 11.8. The maximum atomic E-state index is 14.2. The highest BCUT2D eigenvalue weighted by Gasteiger charge is 2.22. The van der Waals surface area contributed by atoms with E-state index < -0.39 is 11.9 Å². The van der Waals surface area contributed by atoms with Gasteiger partial charge < -0.3 is 23.1 Å². The van der Waals surface area contributed by atoms with Gasteiger partial charge in [-0.05, 0) is 124 Å². The molecule has 1 unspecified atom stereocenters. The van der Waals surface area contributed by atoms with Crippen LogP contribution in [0, 0.1) is 20.8 Å². The average Bonchev–Trinajstić information content (AvgIpc) is 3.10. The molecular formula is C39H41NO7S2. The summed E-state index contributed by atoms with van der Waals surface area (Å²) in [7, 11) is 1.33. The van der Waals surface area contributed by atoms with E-state index in [1.54, 1.807) is 26.0 Å². The lowest BCUT2D eigenvalue weighted by atomic mass is 10.0. The molecule has 0 aliphatic heterocycles. The number of nitrogens with zero attached hydrogens (tertiary/aromatic N) is 1. The number of carbonyl (C=O) groups is 2. The van der Waals surface area contributed by atoms with Crippen molar-refractivity contribution in [3.63, 3.8) is 0 Å². The summed E-state index contributed by atoms with van der Waals surface area (Å²) >= 11 is 5.70. The van der Waals surface area contributed by atoms with Crippen molar-refractivity contribution in [2.45, 2.75) is 46.6 Å². The first-order valence-corrected chi connectivity index (χ1v) is 17.7. The number of carbonyl (C=O) groups excluding carboxylic acids is 2. The van der Waals surface area contributed by atoms with Gasteiger partial charge in [0.2, 0.25) is 0 Å². The molecule has 0 aliphatic carbocycles. The Bertz CT molecular complexity index is 1920. The molecule has 0 radical (unpaired) electrons. The zero-order valence-corrected chi connectivity index (χ0v) is 30.1. The van der Waals surface area contributed by atoms with E-state index in [-0.39, 0.29) is 6.10 Å². The molecular weight excluding hydrogens is 659 g/mol. The minimum atomic E-state index is -0.560. The zero-order chi connectivity index (χ0) is 34.9. The van der Waals surface area contributed by atoms with Gasteiger partial charge in [0.25, 0.3) is 0 Å². The van der Waals surface area contributed by atoms with E-state index in [9.17, 15) is 9.59 Å². The molecule has 5 aromatic rings. The van der Waals surface area contributed by atoms with Crippen molar-refractivity contribution in [1.82, 2.24) is 4.98 Å². The standard InChI is InChI=1S/C39H41NO7S2/c1-24-8-10-28(11-9-24)27(4)47-49-19-7-17-45-31-13-15-35-33(23-31)36(32-22-30(44-16-6-18-48)12-14-34(32)40-35)39(42)46-37-25(2)20-29(21-26(37)3)38(41)43-5/h8-15,20-23,27,48H,6-7,16-19H2,1-5H3. The Morgan fingerprint density at radius 1 is 0.796 bits per heavy atom. The van der Waals surface area contributed by atoms with Crippen LogP contribution in [0.15, 0.2) is 72.8 Å². The van der Waals surface area contributed by atoms with Crippen molar-refractivity contribution < 1.29 is 32.7 Å². The lowest BCUT2D eigenvalue weighted by Crippen LogP contribution is -2.13. The molecule has 0 saturated carbocycles. The molecule has 0 bridgehead atoms. The van der Waals surface area contributed by atoms with Gasteiger partial charge in [-0.15, -0.1) is 0 Å². The molecule has 0 saturated heterocycles. The first-order chi connectivity index (χ1) is 23.7. The molecule has 10 heteroatoms. The SMILES string of the molecule is COC(=O)c1cc(C)c(OC(=O)c2c3cc(OCCCS)ccc3nc3ccc(OCCCSOC(C)c4ccc(C)cc4)cc23)c(C)c1. The molecule has 1 heterocycles. The Kier molecular flexibility index (Phi) is 12.4. The minimum Gasteiger partial charge on any atom is -0.494 e. The fourth-order valence-corrected chi connectivity index (χ4v) is 6.17. The van der Waals surface area contributed by atoms with Crippen molar-refractivity contribution in [3.05, 3.63) is 106 Å². The summed E-state index contributed by atoms with van der Waals surface area (Å²) in [6, 6.07) is 22.7. The maximum Gasteiger partial charge on any atom is 0.344 e. The van der Waals surface area contributed by atoms with E-state index in [1.165, 1.54) is 24.7 Å². The van der Waals surface area contributed by atoms with E-state index >= 15 is 0 Å². The monoisotopic (exact) mass is 699 g/mol. The van der Waals surface area contributed by atoms with Crippen molar-refractivity contribution >= 4 is 58.4 Å². The number of esters is 2. The molecule has 0 amide bonds. The van der Waals surface area contributed by atoms with Gasteiger partial charge in [-0.3, -0.25) is 0 Å². The summed E-state index contributed by atoms with van der Waals surface area (Å²) in [6.45, 7) is 8.65. The minimum absolute atomic E-state index is 0.0141. The predicted octanol–water partition coefficient (Wildman–Crippen LogP) is 9.21. The van der Waals surface area contributed by atoms with Crippen molar-refractivity contribution in [3.8, 4) is 17.2 Å². The van der Waals surface area contributed by atoms with E-state index in [2.05, 4.69) is 43.8 Å². The largest absolute Gasteiger partial charge is 0.494 e. The summed E-state index contributed by atoms with van der Waals surface area (Å²) in [5.74, 6) is 2.04. The molecule has 8 nitrogen and oxygen atoms in total. The first kappa shape index (κ1) is 36.0. The Labute approximate surface area is 297 Å². The molecule has 0 N–H and O–H groups in total. The Morgan fingerprint density at radius 2 is 1.39 bits per heavy atom. The van der Waals surface area contributed by atoms with Gasteiger partial charge in [0, 0.05) is 16.5 Å². The molecule has 4 aromatic carbocycles. The van der Waals surface area contributed by atoms with Crippen LogP contribution in [0.1, 0.15) is 68.8 Å². The number of thiol groups is 1. The number of benzene rings is 4. The van der Waals surface area contributed by atoms with Crippen molar-refractivity contribution in [1.29, 1.82) is 0 Å². The summed E-state index contributed by atoms with van der Waals surface area (Å²) < 4.78 is 29.0. The molecule has 0 fully saturated rings. The van der Waals surface area contributed by atoms with E-state index in [1.807, 2.05) is 43.3 Å². The van der Waals surface area contributed by atoms with Gasteiger partial charge in [0.05, 0.1) is 48.6 Å². The molecule has 0 aliphatic rings. The Hall–Kier alpha value is -4.25. The molecule has 49 heavy (non-hydrogen) atoms. The van der Waals surface area contributed by atoms with Crippen LogP contribution in [0.3, 0.4) is 0 Å². The van der Waals surface area contributed by atoms with E-state index in [0.717, 1.165) is 24.2 Å². The van der Waals surface area contributed by atoms with E-state index in [4.69, 9.17) is 28.1 Å². The Balaban J connectivity index is 1.38. The number of methoxy groups -OCH3 is 1. The first-order valence-electron chi connectivity index (χ1n) is 16.2. The van der Waals surface area contributed by atoms with Crippen LogP contribution in [0.4, 0.5) is 0 Å². The van der Waals surface area contributed by atoms with Gasteiger partial charge in [0.1, 0.15) is 17.2 Å². The lowest BCUT2D eigenvalue weighted by molar-refractivity contribution is 0.0600. The van der Waals surface area contributed by atoms with Gasteiger partial charge in [-0.25, -0.2) is 14.6 Å². The zero-order valence-electron chi connectivity index (χ0n) is 28.4. The molecule has 1 aromatic heterocycles. The highest BCUT2D eigenvalue weighted by Crippen LogP contribution is 2.34. The quantitative estimate of drug-likeness (QED) is 0.0287. The number of hydrogen-bond acceptors (Lipinski definition) is 10. The third-order valence-electron chi connectivity index (χ3n) is 7.97. The van der Waals surface area contributed by atoms with Crippen LogP contribution < -0.4 is 14.2 Å². The number of pyridine rings is 1. The van der Waals surface area contributed by atoms with Gasteiger partial charge in [-0.2, -0.15) is 12.6 Å². The summed E-state index contributed by atoms with van der Waals surface area (Å²) in [4.78, 5) is 31.2. The molecule has 1 atom stereocenters. The van der Waals surface area contributed by atoms with Crippen LogP contribution in [0.25, 0.3) is 21.8 Å². The highest BCUT2D eigenvalue weighted by molar-refractivity contribution is 7.94. The third kappa shape index (κ3) is 9.06. The molecule has 0 spiro atoms. The number of rotatable bonds is 15. The van der Waals surface area contributed by atoms with Gasteiger partial charge in [0.15, 0.2) is 0 Å². The van der Waals surface area contributed by atoms with E-state index in [0.29, 0.717) is 80.3 Å². The second-order valence-electron chi connectivity index (χ2n) is 11.8. The lowest BCUT2D eigenvalue weighted by Gasteiger charge is -2.16. The van der Waals surface area contributed by atoms with Crippen LogP contribution in [-0.4, -0.2) is 48.8 Å². The van der Waals surface area contributed by atoms with Gasteiger partial charge >= 0.3 is 11.9 Å². The van der Waals surface area contributed by atoms with Crippen LogP contribution in [-0.2, 0) is 8.92 Å². The van der Waals surface area contributed by atoms with Crippen LogP contribution in [0.2, 0.25) is 0 Å². The summed E-state index contributed by atoms with van der Waals surface area (Å²) in [6.07, 6.45) is 1.53. The topological polar surface area (TPSA) is 93.2 Å². The second-order valence-corrected chi connectivity index (χ2v) is 13.0. The molecule has 5 rings (SSSR count). The fourth-order valence-electron chi connectivity index (χ4n) is 5.40.